The molecule has 0 saturated heterocycles. The van der Waals surface area contributed by atoms with Gasteiger partial charge in [0.1, 0.15) is 0 Å². The summed E-state index contributed by atoms with van der Waals surface area (Å²) in [6.07, 6.45) is 6.17. The van der Waals surface area contributed by atoms with Crippen LogP contribution in [0.25, 0.3) is 11.1 Å². The fraction of sp³-hybridized carbons (Fsp3) is 0.471. The lowest BCUT2D eigenvalue weighted by Crippen LogP contribution is -2.26. The molecule has 0 amide bonds. The molecule has 0 spiro atoms. The summed E-state index contributed by atoms with van der Waals surface area (Å²) in [5.41, 5.74) is 10.5. The molecule has 1 aromatic heterocycles. The molecule has 1 aromatic carbocycles. The predicted molar refractivity (Wildman–Crippen MR) is 81.5 cm³/mol. The number of hydrogen-bond acceptors (Lipinski definition) is 3. The van der Waals surface area contributed by atoms with E-state index in [2.05, 4.69) is 43.3 Å². The van der Waals surface area contributed by atoms with Gasteiger partial charge in [-0.3, -0.25) is 0 Å². The van der Waals surface area contributed by atoms with Crippen LogP contribution < -0.4 is 5.73 Å². The normalized spacial score (nSPS) is 18.1. The number of rotatable bonds is 2. The van der Waals surface area contributed by atoms with Crippen LogP contribution in [0, 0.1) is 6.92 Å². The van der Waals surface area contributed by atoms with E-state index in [0.29, 0.717) is 5.88 Å². The molecule has 0 atom stereocenters. The largest absolute Gasteiger partial charge is 0.367 e. The Labute approximate surface area is 120 Å². The molecule has 0 unspecified atom stereocenters. The first-order valence-corrected chi connectivity index (χ1v) is 7.43. The van der Waals surface area contributed by atoms with E-state index in [1.807, 2.05) is 0 Å². The van der Waals surface area contributed by atoms with E-state index in [9.17, 15) is 0 Å². The molecule has 106 valence electrons. The molecule has 1 saturated carbocycles. The van der Waals surface area contributed by atoms with Gasteiger partial charge in [0.25, 0.3) is 0 Å². The summed E-state index contributed by atoms with van der Waals surface area (Å²) >= 11 is 0. The van der Waals surface area contributed by atoms with Crippen molar-refractivity contribution in [2.75, 3.05) is 5.73 Å². The first kappa shape index (κ1) is 13.2. The first-order valence-electron chi connectivity index (χ1n) is 7.43. The average molecular weight is 270 g/mol. The number of benzene rings is 1. The molecule has 0 radical (unpaired) electrons. The SMILES string of the molecule is Cc1cccc(-c2c(C3(C)CCCCC3)noc2N)c1. The number of nitrogens with two attached hydrogens (primary N) is 1. The van der Waals surface area contributed by atoms with Crippen molar-refractivity contribution in [3.63, 3.8) is 0 Å². The van der Waals surface area contributed by atoms with Crippen LogP contribution in [0.2, 0.25) is 0 Å². The zero-order chi connectivity index (χ0) is 14.2. The molecule has 20 heavy (non-hydrogen) atoms. The summed E-state index contributed by atoms with van der Waals surface area (Å²) < 4.78 is 5.34. The van der Waals surface area contributed by atoms with Gasteiger partial charge in [-0.25, -0.2) is 0 Å². The Morgan fingerprint density at radius 2 is 1.95 bits per heavy atom. The average Bonchev–Trinajstić information content (AvgIpc) is 2.82. The van der Waals surface area contributed by atoms with E-state index in [4.69, 9.17) is 10.3 Å². The van der Waals surface area contributed by atoms with Crippen molar-refractivity contribution in [1.29, 1.82) is 0 Å². The smallest absolute Gasteiger partial charge is 0.230 e. The molecule has 3 nitrogen and oxygen atoms in total. The monoisotopic (exact) mass is 270 g/mol. The summed E-state index contributed by atoms with van der Waals surface area (Å²) in [6, 6.07) is 8.39. The lowest BCUT2D eigenvalue weighted by molar-refractivity contribution is 0.295. The van der Waals surface area contributed by atoms with E-state index in [1.165, 1.54) is 24.8 Å². The van der Waals surface area contributed by atoms with Crippen LogP contribution in [0.4, 0.5) is 5.88 Å². The Balaban J connectivity index is 2.10. The quantitative estimate of drug-likeness (QED) is 0.876. The van der Waals surface area contributed by atoms with E-state index in [1.54, 1.807) is 0 Å². The van der Waals surface area contributed by atoms with Crippen molar-refractivity contribution in [2.24, 2.45) is 0 Å². The highest BCUT2D eigenvalue weighted by atomic mass is 16.5. The number of anilines is 1. The van der Waals surface area contributed by atoms with Crippen LogP contribution in [-0.4, -0.2) is 5.16 Å². The van der Waals surface area contributed by atoms with Crippen molar-refractivity contribution in [3.8, 4) is 11.1 Å². The second-order valence-corrected chi connectivity index (χ2v) is 6.26. The van der Waals surface area contributed by atoms with Crippen LogP contribution in [0.3, 0.4) is 0 Å². The maximum Gasteiger partial charge on any atom is 0.230 e. The van der Waals surface area contributed by atoms with Crippen molar-refractivity contribution < 1.29 is 4.52 Å². The fourth-order valence-electron chi connectivity index (χ4n) is 3.36. The van der Waals surface area contributed by atoms with Gasteiger partial charge in [-0.2, -0.15) is 0 Å². The van der Waals surface area contributed by atoms with Gasteiger partial charge < -0.3 is 10.3 Å². The van der Waals surface area contributed by atoms with Crippen molar-refractivity contribution in [2.45, 2.75) is 51.4 Å². The van der Waals surface area contributed by atoms with Crippen molar-refractivity contribution in [1.82, 2.24) is 5.16 Å². The minimum absolute atomic E-state index is 0.0957. The van der Waals surface area contributed by atoms with Gasteiger partial charge in [0.05, 0.1) is 11.3 Å². The molecule has 0 bridgehead atoms. The maximum atomic E-state index is 6.06. The minimum Gasteiger partial charge on any atom is -0.367 e. The Bertz CT molecular complexity index is 609. The number of aromatic nitrogens is 1. The Kier molecular flexibility index (Phi) is 3.28. The Morgan fingerprint density at radius 3 is 2.65 bits per heavy atom. The summed E-state index contributed by atoms with van der Waals surface area (Å²) in [5.74, 6) is 0.442. The predicted octanol–water partition coefficient (Wildman–Crippen LogP) is 4.45. The lowest BCUT2D eigenvalue weighted by atomic mass is 9.72. The zero-order valence-corrected chi connectivity index (χ0v) is 12.3. The number of aryl methyl sites for hydroxylation is 1. The molecule has 0 aliphatic heterocycles. The van der Waals surface area contributed by atoms with Gasteiger partial charge >= 0.3 is 0 Å². The van der Waals surface area contributed by atoms with Gasteiger partial charge in [0.2, 0.25) is 5.88 Å². The third-order valence-corrected chi connectivity index (χ3v) is 4.55. The van der Waals surface area contributed by atoms with Gasteiger partial charge in [-0.15, -0.1) is 0 Å². The zero-order valence-electron chi connectivity index (χ0n) is 12.3. The highest BCUT2D eigenvalue weighted by molar-refractivity contribution is 5.76. The van der Waals surface area contributed by atoms with Crippen LogP contribution in [0.1, 0.15) is 50.3 Å². The lowest BCUT2D eigenvalue weighted by Gasteiger charge is -2.32. The Morgan fingerprint density at radius 1 is 1.20 bits per heavy atom. The summed E-state index contributed by atoms with van der Waals surface area (Å²) in [6.45, 7) is 4.39. The molecule has 2 N–H and O–H groups in total. The third kappa shape index (κ3) is 2.21. The maximum absolute atomic E-state index is 6.06. The van der Waals surface area contributed by atoms with Gasteiger partial charge in [0, 0.05) is 5.41 Å². The summed E-state index contributed by atoms with van der Waals surface area (Å²) in [7, 11) is 0. The first-order chi connectivity index (χ1) is 9.60. The fourth-order valence-corrected chi connectivity index (χ4v) is 3.36. The number of nitrogen functional groups attached to an aromatic ring is 1. The molecular weight excluding hydrogens is 248 g/mol. The summed E-state index contributed by atoms with van der Waals surface area (Å²) in [5, 5.41) is 4.32. The molecule has 1 fully saturated rings. The topological polar surface area (TPSA) is 52.0 Å². The van der Waals surface area contributed by atoms with E-state index < -0.39 is 0 Å². The van der Waals surface area contributed by atoms with E-state index >= 15 is 0 Å². The molecule has 1 aliphatic carbocycles. The van der Waals surface area contributed by atoms with Gasteiger partial charge in [-0.05, 0) is 25.3 Å². The molecule has 1 aliphatic rings. The third-order valence-electron chi connectivity index (χ3n) is 4.55. The molecule has 3 rings (SSSR count). The number of nitrogens with zero attached hydrogens (tertiary/aromatic N) is 1. The molecule has 2 aromatic rings. The van der Waals surface area contributed by atoms with Crippen LogP contribution in [0.5, 0.6) is 0 Å². The molecule has 3 heteroatoms. The van der Waals surface area contributed by atoms with Crippen LogP contribution >= 0.6 is 0 Å². The van der Waals surface area contributed by atoms with Crippen LogP contribution in [0.15, 0.2) is 28.8 Å². The number of hydrogen-bond donors (Lipinski definition) is 1. The molecular formula is C17H22N2O. The standard InChI is InChI=1S/C17H22N2O/c1-12-7-6-8-13(11-12)14-15(19-20-16(14)18)17(2)9-4-3-5-10-17/h6-8,11H,3-5,9-10,18H2,1-2H3. The summed E-state index contributed by atoms with van der Waals surface area (Å²) in [4.78, 5) is 0. The van der Waals surface area contributed by atoms with Gasteiger partial charge in [-0.1, -0.05) is 61.2 Å². The van der Waals surface area contributed by atoms with Gasteiger partial charge in [0.15, 0.2) is 0 Å². The second kappa shape index (κ2) is 4.97. The van der Waals surface area contributed by atoms with E-state index in [-0.39, 0.29) is 5.41 Å². The minimum atomic E-state index is 0.0957. The Hall–Kier alpha value is -1.77. The highest BCUT2D eigenvalue weighted by Gasteiger charge is 2.35. The van der Waals surface area contributed by atoms with Crippen molar-refractivity contribution >= 4 is 5.88 Å². The van der Waals surface area contributed by atoms with Crippen molar-refractivity contribution in [3.05, 3.63) is 35.5 Å². The van der Waals surface area contributed by atoms with Crippen LogP contribution in [-0.2, 0) is 5.41 Å². The second-order valence-electron chi connectivity index (χ2n) is 6.26. The highest BCUT2D eigenvalue weighted by Crippen LogP contribution is 2.44. The van der Waals surface area contributed by atoms with E-state index in [0.717, 1.165) is 29.7 Å². The molecule has 1 heterocycles.